The Bertz CT molecular complexity index is 947. The van der Waals surface area contributed by atoms with E-state index in [9.17, 15) is 26.3 Å². The topological polar surface area (TPSA) is 34.6 Å². The Morgan fingerprint density at radius 1 is 0.939 bits per heavy atom. The highest BCUT2D eigenvalue weighted by Gasteiger charge is 2.43. The predicted molar refractivity (Wildman–Crippen MR) is 109 cm³/mol. The molecule has 0 spiro atoms. The summed E-state index contributed by atoms with van der Waals surface area (Å²) in [5.74, 6) is 0.342. The average molecular weight is 474 g/mol. The zero-order valence-corrected chi connectivity index (χ0v) is 17.9. The minimum Gasteiger partial charge on any atom is -0.491 e. The number of halogens is 6. The molecular formula is C23H24F6N2O2. The molecule has 2 fully saturated rings. The van der Waals surface area contributed by atoms with Crippen molar-refractivity contribution in [3.8, 4) is 11.6 Å². The second-order valence-electron chi connectivity index (χ2n) is 8.42. The van der Waals surface area contributed by atoms with Gasteiger partial charge in [-0.2, -0.15) is 26.3 Å². The number of nitrogens with zero attached hydrogens (tertiary/aromatic N) is 2. The number of fused-ring (bicyclic) bond motifs is 2. The van der Waals surface area contributed by atoms with Crippen LogP contribution >= 0.6 is 0 Å². The second-order valence-corrected chi connectivity index (χ2v) is 8.42. The van der Waals surface area contributed by atoms with Crippen LogP contribution in [0.3, 0.4) is 0 Å². The molecule has 10 heteroatoms. The number of anilines is 1. The Morgan fingerprint density at radius 2 is 1.58 bits per heavy atom. The largest absolute Gasteiger partial charge is 0.491 e. The quantitative estimate of drug-likeness (QED) is 0.449. The van der Waals surface area contributed by atoms with E-state index in [1.54, 1.807) is 0 Å². The Kier molecular flexibility index (Phi) is 6.37. The number of piperidine rings is 1. The molecule has 1 aromatic heterocycles. The van der Waals surface area contributed by atoms with E-state index in [0.29, 0.717) is 31.6 Å². The molecule has 0 radical (unpaired) electrons. The Hall–Kier alpha value is -2.65. The van der Waals surface area contributed by atoms with Crippen LogP contribution in [0, 0.1) is 0 Å². The van der Waals surface area contributed by atoms with Crippen LogP contribution in [-0.4, -0.2) is 29.8 Å². The van der Waals surface area contributed by atoms with Gasteiger partial charge in [0.2, 0.25) is 5.88 Å². The maximum Gasteiger partial charge on any atom is 0.417 e. The van der Waals surface area contributed by atoms with Gasteiger partial charge in [-0.25, -0.2) is 4.98 Å². The minimum absolute atomic E-state index is 0.0314. The normalized spacial score (nSPS) is 23.0. The summed E-state index contributed by atoms with van der Waals surface area (Å²) < 4.78 is 89.4. The van der Waals surface area contributed by atoms with Crippen molar-refractivity contribution in [2.24, 2.45) is 0 Å². The van der Waals surface area contributed by atoms with E-state index >= 15 is 0 Å². The van der Waals surface area contributed by atoms with Crippen molar-refractivity contribution in [1.29, 1.82) is 0 Å². The number of benzene rings is 1. The molecule has 2 saturated heterocycles. The predicted octanol–water partition coefficient (Wildman–Crippen LogP) is 6.49. The van der Waals surface area contributed by atoms with Crippen LogP contribution in [0.25, 0.3) is 0 Å². The van der Waals surface area contributed by atoms with Crippen molar-refractivity contribution < 1.29 is 35.8 Å². The molecule has 180 valence electrons. The third-order valence-electron chi connectivity index (χ3n) is 6.07. The summed E-state index contributed by atoms with van der Waals surface area (Å²) in [4.78, 5) is 5.90. The van der Waals surface area contributed by atoms with Gasteiger partial charge in [0.05, 0.1) is 23.4 Å². The fourth-order valence-electron chi connectivity index (χ4n) is 4.64. The summed E-state index contributed by atoms with van der Waals surface area (Å²) in [5.41, 5.74) is -0.960. The summed E-state index contributed by atoms with van der Waals surface area (Å²) in [7, 11) is 0. The highest BCUT2D eigenvalue weighted by molar-refractivity contribution is 5.62. The molecule has 1 aromatic carbocycles. The van der Waals surface area contributed by atoms with E-state index in [0.717, 1.165) is 37.2 Å². The zero-order valence-electron chi connectivity index (χ0n) is 17.9. The number of rotatable bonds is 6. The Balaban J connectivity index is 1.50. The van der Waals surface area contributed by atoms with Crippen LogP contribution < -0.4 is 14.4 Å². The van der Waals surface area contributed by atoms with Crippen LogP contribution in [0.2, 0.25) is 0 Å². The molecule has 0 aliphatic carbocycles. The molecule has 0 amide bonds. The van der Waals surface area contributed by atoms with Crippen LogP contribution in [0.5, 0.6) is 11.6 Å². The lowest BCUT2D eigenvalue weighted by Gasteiger charge is -2.41. The van der Waals surface area contributed by atoms with Crippen molar-refractivity contribution in [3.05, 3.63) is 47.7 Å². The van der Waals surface area contributed by atoms with E-state index in [1.165, 1.54) is 12.1 Å². The zero-order chi connectivity index (χ0) is 23.8. The lowest BCUT2D eigenvalue weighted by atomic mass is 9.98. The van der Waals surface area contributed by atoms with Crippen molar-refractivity contribution >= 4 is 5.69 Å². The van der Waals surface area contributed by atoms with Gasteiger partial charge in [0.1, 0.15) is 11.9 Å². The average Bonchev–Trinajstić information content (AvgIpc) is 3.01. The molecule has 2 aromatic rings. The molecule has 33 heavy (non-hydrogen) atoms. The van der Waals surface area contributed by atoms with Crippen molar-refractivity contribution in [2.75, 3.05) is 11.5 Å². The molecule has 3 heterocycles. The molecule has 0 saturated carbocycles. The highest BCUT2D eigenvalue weighted by atomic mass is 19.4. The van der Waals surface area contributed by atoms with E-state index in [4.69, 9.17) is 9.47 Å². The van der Waals surface area contributed by atoms with E-state index < -0.39 is 23.5 Å². The van der Waals surface area contributed by atoms with Gasteiger partial charge in [-0.15, -0.1) is 0 Å². The molecule has 2 unspecified atom stereocenters. The summed E-state index contributed by atoms with van der Waals surface area (Å²) in [5, 5.41) is 0. The lowest BCUT2D eigenvalue weighted by molar-refractivity contribution is -0.138. The number of alkyl halides is 6. The first-order valence-electron chi connectivity index (χ1n) is 10.9. The van der Waals surface area contributed by atoms with Crippen molar-refractivity contribution in [1.82, 2.24) is 4.98 Å². The number of hydrogen-bond donors (Lipinski definition) is 0. The van der Waals surface area contributed by atoms with Crippen LogP contribution in [0.1, 0.15) is 50.2 Å². The Morgan fingerprint density at radius 3 is 2.12 bits per heavy atom. The van der Waals surface area contributed by atoms with Gasteiger partial charge in [-0.05, 0) is 43.5 Å². The van der Waals surface area contributed by atoms with Gasteiger partial charge >= 0.3 is 12.4 Å². The maximum atomic E-state index is 13.2. The summed E-state index contributed by atoms with van der Waals surface area (Å²) >= 11 is 0. The first-order valence-corrected chi connectivity index (χ1v) is 10.9. The van der Waals surface area contributed by atoms with Crippen LogP contribution in [-0.2, 0) is 12.4 Å². The lowest BCUT2D eigenvalue weighted by Crippen LogP contribution is -2.46. The van der Waals surface area contributed by atoms with Gasteiger partial charge in [0, 0.05) is 37.2 Å². The van der Waals surface area contributed by atoms with Crippen LogP contribution in [0.15, 0.2) is 36.5 Å². The van der Waals surface area contributed by atoms with E-state index in [-0.39, 0.29) is 29.8 Å². The number of pyridine rings is 1. The standard InChI is InChI=1S/C23H24F6N2O2/c1-2-9-32-20-10-14(22(24,25)26)3-7-19(20)31-16-5-6-17(31)12-18(11-16)33-21-8-4-15(13-30-21)23(27,28)29/h3-4,7-8,10,13,16-18H,2,5-6,9,11-12H2,1H3. The maximum absolute atomic E-state index is 13.2. The fourth-order valence-corrected chi connectivity index (χ4v) is 4.64. The highest BCUT2D eigenvalue weighted by Crippen LogP contribution is 2.45. The minimum atomic E-state index is -4.46. The SMILES string of the molecule is CCCOc1cc(C(F)(F)F)ccc1N1C2CCC1CC(Oc1ccc(C(F)(F)F)cn1)C2. The third-order valence-corrected chi connectivity index (χ3v) is 6.07. The Labute approximate surface area is 187 Å². The molecule has 4 rings (SSSR count). The van der Waals surface area contributed by atoms with Crippen molar-refractivity contribution in [3.63, 3.8) is 0 Å². The number of ether oxygens (including phenoxy) is 2. The van der Waals surface area contributed by atoms with Gasteiger partial charge < -0.3 is 14.4 Å². The van der Waals surface area contributed by atoms with E-state index in [2.05, 4.69) is 9.88 Å². The number of aromatic nitrogens is 1. The molecular weight excluding hydrogens is 450 g/mol. The van der Waals surface area contributed by atoms with E-state index in [1.807, 2.05) is 6.92 Å². The van der Waals surface area contributed by atoms with Gasteiger partial charge in [0.15, 0.2) is 0 Å². The molecule has 2 bridgehead atoms. The smallest absolute Gasteiger partial charge is 0.417 e. The van der Waals surface area contributed by atoms with Crippen LogP contribution in [0.4, 0.5) is 32.0 Å². The molecule has 2 atom stereocenters. The second kappa shape index (κ2) is 8.95. The molecule has 0 N–H and O–H groups in total. The summed E-state index contributed by atoms with van der Waals surface area (Å²) in [6.45, 7) is 2.19. The number of hydrogen-bond acceptors (Lipinski definition) is 4. The summed E-state index contributed by atoms with van der Waals surface area (Å²) in [6, 6.07) is 5.81. The van der Waals surface area contributed by atoms with Gasteiger partial charge in [-0.3, -0.25) is 0 Å². The van der Waals surface area contributed by atoms with Gasteiger partial charge in [0.25, 0.3) is 0 Å². The fraction of sp³-hybridized carbons (Fsp3) is 0.522. The molecule has 2 aliphatic heterocycles. The van der Waals surface area contributed by atoms with Crippen molar-refractivity contribution in [2.45, 2.75) is 69.6 Å². The third kappa shape index (κ3) is 5.14. The molecule has 2 aliphatic rings. The first-order chi connectivity index (χ1) is 15.6. The first kappa shape index (κ1) is 23.5. The monoisotopic (exact) mass is 474 g/mol. The summed E-state index contributed by atoms with van der Waals surface area (Å²) in [6.07, 6.45) is -4.87. The van der Waals surface area contributed by atoms with Gasteiger partial charge in [-0.1, -0.05) is 6.92 Å². The molecule has 4 nitrogen and oxygen atoms in total.